The minimum Gasteiger partial charge on any atom is -0.505 e. The molecule has 0 saturated carbocycles. The summed E-state index contributed by atoms with van der Waals surface area (Å²) in [7, 11) is 0. The van der Waals surface area contributed by atoms with Gasteiger partial charge in [-0.2, -0.15) is 0 Å². The third-order valence-electron chi connectivity index (χ3n) is 8.99. The van der Waals surface area contributed by atoms with E-state index in [0.717, 1.165) is 85.3 Å². The van der Waals surface area contributed by atoms with Gasteiger partial charge in [0.2, 0.25) is 0 Å². The first-order valence-corrected chi connectivity index (χ1v) is 15.8. The van der Waals surface area contributed by atoms with Crippen LogP contribution in [0, 0.1) is 0 Å². The van der Waals surface area contributed by atoms with Gasteiger partial charge >= 0.3 is 0 Å². The molecular formula is C36H46N4O. The maximum atomic E-state index is 11.4. The van der Waals surface area contributed by atoms with Crippen LogP contribution in [0.4, 0.5) is 0 Å². The molecule has 0 spiro atoms. The molecule has 2 aliphatic heterocycles. The Kier molecular flexibility index (Phi) is 8.26. The third-order valence-corrected chi connectivity index (χ3v) is 8.99. The topological polar surface area (TPSA) is 66.7 Å². The van der Waals surface area contributed by atoms with Gasteiger partial charge in [0.15, 0.2) is 0 Å². The number of fused-ring (bicyclic) bond motifs is 8. The molecule has 8 bridgehead atoms. The lowest BCUT2D eigenvalue weighted by atomic mass is 9.93. The normalized spacial score (nSPS) is 13.1. The zero-order valence-corrected chi connectivity index (χ0v) is 26.3. The fourth-order valence-corrected chi connectivity index (χ4v) is 7.16. The summed E-state index contributed by atoms with van der Waals surface area (Å²) in [5, 5.41) is 11.4. The van der Waals surface area contributed by atoms with Gasteiger partial charge in [0.1, 0.15) is 5.75 Å². The highest BCUT2D eigenvalue weighted by Crippen LogP contribution is 2.42. The van der Waals surface area contributed by atoms with Gasteiger partial charge in [-0.1, -0.05) is 48.5 Å². The number of nitrogens with one attached hydrogen (secondary N) is 1. The Balaban J connectivity index is 2.15. The van der Waals surface area contributed by atoms with E-state index in [0.29, 0.717) is 11.3 Å². The second-order valence-electron chi connectivity index (χ2n) is 11.0. The molecule has 5 heteroatoms. The largest absolute Gasteiger partial charge is 0.505 e. The van der Waals surface area contributed by atoms with E-state index in [1.54, 1.807) is 0 Å². The van der Waals surface area contributed by atoms with Crippen molar-refractivity contribution in [3.63, 3.8) is 0 Å². The van der Waals surface area contributed by atoms with Crippen LogP contribution < -0.4 is 0 Å². The first-order valence-electron chi connectivity index (χ1n) is 15.8. The highest BCUT2D eigenvalue weighted by atomic mass is 16.3. The van der Waals surface area contributed by atoms with E-state index < -0.39 is 0 Å². The lowest BCUT2D eigenvalue weighted by molar-refractivity contribution is 0.477. The number of aromatic hydroxyl groups is 1. The average Bonchev–Trinajstić information content (AvgIpc) is 3.72. The minimum absolute atomic E-state index is 0.317. The molecule has 0 aromatic carbocycles. The number of rotatable bonds is 8. The number of hydrogen-bond acceptors (Lipinski definition) is 3. The Hall–Kier alpha value is -3.60. The molecule has 0 aliphatic carbocycles. The van der Waals surface area contributed by atoms with Gasteiger partial charge in [-0.15, -0.1) is 0 Å². The van der Waals surface area contributed by atoms with E-state index >= 15 is 0 Å². The van der Waals surface area contributed by atoms with Crippen molar-refractivity contribution < 1.29 is 5.11 Å². The van der Waals surface area contributed by atoms with Crippen molar-refractivity contribution >= 4 is 45.4 Å². The summed E-state index contributed by atoms with van der Waals surface area (Å²) in [6.45, 7) is 18.8. The van der Waals surface area contributed by atoms with Gasteiger partial charge in [-0.05, 0) is 98.4 Å². The van der Waals surface area contributed by atoms with E-state index in [1.807, 2.05) is 12.1 Å². The molecule has 3 aromatic heterocycles. The number of hydrogen-bond donors (Lipinski definition) is 2. The van der Waals surface area contributed by atoms with Crippen LogP contribution in [0.2, 0.25) is 0 Å². The summed E-state index contributed by atoms with van der Waals surface area (Å²) < 4.78 is 2.52. The van der Waals surface area contributed by atoms with Crippen LogP contribution in [0.1, 0.15) is 119 Å². The zero-order valence-electron chi connectivity index (χ0n) is 26.3. The van der Waals surface area contributed by atoms with Crippen molar-refractivity contribution in [2.45, 2.75) is 107 Å². The van der Waals surface area contributed by atoms with Crippen molar-refractivity contribution in [2.24, 2.45) is 0 Å². The average molecular weight is 551 g/mol. The highest BCUT2D eigenvalue weighted by molar-refractivity contribution is 5.97. The molecule has 2 N–H and O–H groups in total. The summed E-state index contributed by atoms with van der Waals surface area (Å²) in [5.74, 6) is 0.317. The Bertz CT molecular complexity index is 1730. The van der Waals surface area contributed by atoms with Crippen LogP contribution in [0.15, 0.2) is 12.1 Å². The van der Waals surface area contributed by atoms with Crippen LogP contribution in [0.25, 0.3) is 45.4 Å². The first kappa shape index (κ1) is 28.9. The maximum Gasteiger partial charge on any atom is 0.144 e. The van der Waals surface area contributed by atoms with E-state index in [2.05, 4.69) is 77.1 Å². The minimum atomic E-state index is 0.317. The van der Waals surface area contributed by atoms with Gasteiger partial charge in [-0.3, -0.25) is 0 Å². The molecule has 5 nitrogen and oxygen atoms in total. The van der Waals surface area contributed by atoms with Crippen LogP contribution in [0.5, 0.6) is 5.75 Å². The molecule has 216 valence electrons. The van der Waals surface area contributed by atoms with Crippen molar-refractivity contribution in [3.8, 4) is 5.75 Å². The molecule has 0 saturated heterocycles. The summed E-state index contributed by atoms with van der Waals surface area (Å²) in [6, 6.07) is 4.23. The van der Waals surface area contributed by atoms with Crippen LogP contribution in [-0.4, -0.2) is 24.6 Å². The predicted molar refractivity (Wildman–Crippen MR) is 175 cm³/mol. The molecule has 0 atom stereocenters. The molecular weight excluding hydrogens is 504 g/mol. The summed E-state index contributed by atoms with van der Waals surface area (Å²) in [4.78, 5) is 14.1. The quantitative estimate of drug-likeness (QED) is 0.230. The van der Waals surface area contributed by atoms with Crippen molar-refractivity contribution in [1.82, 2.24) is 19.5 Å². The maximum absolute atomic E-state index is 11.4. The number of aryl methyl sites for hydroxylation is 6. The van der Waals surface area contributed by atoms with Gasteiger partial charge in [-0.25, -0.2) is 9.97 Å². The Morgan fingerprint density at radius 2 is 1.20 bits per heavy atom. The molecule has 41 heavy (non-hydrogen) atoms. The molecule has 0 unspecified atom stereocenters. The lowest BCUT2D eigenvalue weighted by Crippen LogP contribution is -2.00. The monoisotopic (exact) mass is 550 g/mol. The first-order chi connectivity index (χ1) is 19.9. The Morgan fingerprint density at radius 3 is 1.73 bits per heavy atom. The van der Waals surface area contributed by atoms with Crippen molar-refractivity contribution in [1.29, 1.82) is 0 Å². The molecule has 0 radical (unpaired) electrons. The Labute approximate surface area is 245 Å². The van der Waals surface area contributed by atoms with Crippen molar-refractivity contribution in [3.05, 3.63) is 62.7 Å². The standard InChI is InChI=1S/C36H46N4O/c1-9-23-26(12-4)35-28(14-6)33-25(11-3)24(10-2)32(39-33)27(13-5)34-29(15-7)36(41)30(38-34)19-21-17-18-22(37-21)20-31(23)40(35)16-8/h17-20,38,41H,9-16H2,1-8H3. The van der Waals surface area contributed by atoms with E-state index in [-0.39, 0.29) is 0 Å². The van der Waals surface area contributed by atoms with Crippen LogP contribution >= 0.6 is 0 Å². The molecule has 5 heterocycles. The highest BCUT2D eigenvalue weighted by Gasteiger charge is 2.26. The zero-order chi connectivity index (χ0) is 29.4. The van der Waals surface area contributed by atoms with E-state index in [4.69, 9.17) is 9.97 Å². The SMILES string of the molecule is CCC1=C(CC)c2nc1c(CC)c1[nH]c(cc3nc(cc4c(CC)c(CC)c(c2CC)n4CC)C=C3)c(O)c1CC. The van der Waals surface area contributed by atoms with Gasteiger partial charge in [0, 0.05) is 28.8 Å². The summed E-state index contributed by atoms with van der Waals surface area (Å²) >= 11 is 0. The lowest BCUT2D eigenvalue weighted by Gasteiger charge is -2.11. The molecule has 5 rings (SSSR count). The number of nitrogens with zero attached hydrogens (tertiary/aromatic N) is 3. The fourth-order valence-electron chi connectivity index (χ4n) is 7.16. The number of allylic oxidation sites excluding steroid dienone is 2. The third kappa shape index (κ3) is 4.54. The number of aromatic amines is 1. The number of H-pyrrole nitrogens is 1. The van der Waals surface area contributed by atoms with Crippen LogP contribution in [0.3, 0.4) is 0 Å². The predicted octanol–water partition coefficient (Wildman–Crippen LogP) is 9.23. The molecule has 0 fully saturated rings. The fraction of sp³-hybridized carbons (Fsp3) is 0.444. The molecule has 2 aliphatic rings. The van der Waals surface area contributed by atoms with Crippen molar-refractivity contribution in [2.75, 3.05) is 0 Å². The second kappa shape index (κ2) is 11.7. The van der Waals surface area contributed by atoms with E-state index in [9.17, 15) is 5.11 Å². The van der Waals surface area contributed by atoms with E-state index in [1.165, 1.54) is 44.4 Å². The smallest absolute Gasteiger partial charge is 0.144 e. The summed E-state index contributed by atoms with van der Waals surface area (Å²) in [5.41, 5.74) is 17.4. The number of aromatic nitrogens is 4. The Morgan fingerprint density at radius 1 is 0.634 bits per heavy atom. The molecule has 3 aromatic rings. The van der Waals surface area contributed by atoms with Gasteiger partial charge in [0.05, 0.1) is 39.3 Å². The van der Waals surface area contributed by atoms with Gasteiger partial charge < -0.3 is 14.7 Å². The molecule has 0 amide bonds. The second-order valence-corrected chi connectivity index (χ2v) is 11.0. The van der Waals surface area contributed by atoms with Crippen LogP contribution in [-0.2, 0) is 38.6 Å². The summed E-state index contributed by atoms with van der Waals surface area (Å²) in [6.07, 6.45) is 10.4. The van der Waals surface area contributed by atoms with Gasteiger partial charge in [0.25, 0.3) is 0 Å².